The summed E-state index contributed by atoms with van der Waals surface area (Å²) in [5.74, 6) is -1.35. The maximum atomic E-state index is 13.2. The van der Waals surface area contributed by atoms with Crippen LogP contribution in [0.3, 0.4) is 0 Å². The number of hydrogen-bond acceptors (Lipinski definition) is 6. The van der Waals surface area contributed by atoms with Crippen molar-refractivity contribution in [3.8, 4) is 0 Å². The van der Waals surface area contributed by atoms with E-state index in [4.69, 9.17) is 9.47 Å². The van der Waals surface area contributed by atoms with Crippen LogP contribution in [0.5, 0.6) is 0 Å². The van der Waals surface area contributed by atoms with Gasteiger partial charge in [-0.25, -0.2) is 9.78 Å². The van der Waals surface area contributed by atoms with Gasteiger partial charge < -0.3 is 9.47 Å². The first-order valence-corrected chi connectivity index (χ1v) is 8.58. The molecule has 2 rings (SSSR count). The molecule has 0 spiro atoms. The molecule has 1 aromatic heterocycles. The molecule has 1 aromatic carbocycles. The van der Waals surface area contributed by atoms with Gasteiger partial charge in [-0.2, -0.15) is 13.2 Å². The van der Waals surface area contributed by atoms with Crippen molar-refractivity contribution in [2.45, 2.75) is 25.9 Å². The number of Topliss-reactive ketones (excluding diaryl/α,β-unsaturated/α-hetero) is 1. The number of esters is 1. The highest BCUT2D eigenvalue weighted by atomic mass is 19.4. The molecule has 0 saturated carbocycles. The topological polar surface area (TPSA) is 78.4 Å². The minimum Gasteiger partial charge on any atom is -0.503 e. The van der Waals surface area contributed by atoms with E-state index in [-0.39, 0.29) is 24.1 Å². The fraction of sp³-hybridized carbons (Fsp3) is 0.300. The van der Waals surface area contributed by atoms with Crippen molar-refractivity contribution >= 4 is 17.3 Å². The highest BCUT2D eigenvalue weighted by Gasteiger charge is 2.36. The molecule has 0 radical (unpaired) electrons. The summed E-state index contributed by atoms with van der Waals surface area (Å²) in [5.41, 5.74) is -0.967. The Labute approximate surface area is 165 Å². The second-order valence-corrected chi connectivity index (χ2v) is 5.92. The molecule has 0 N–H and O–H groups in total. The van der Waals surface area contributed by atoms with Crippen molar-refractivity contribution in [1.29, 1.82) is 0 Å². The van der Waals surface area contributed by atoms with E-state index in [0.29, 0.717) is 11.1 Å². The monoisotopic (exact) mass is 408 g/mol. The van der Waals surface area contributed by atoms with Crippen LogP contribution in [-0.4, -0.2) is 35.9 Å². The van der Waals surface area contributed by atoms with Crippen LogP contribution in [0, 0.1) is 0 Å². The molecule has 154 valence electrons. The van der Waals surface area contributed by atoms with Crippen LogP contribution in [-0.2, 0) is 33.3 Å². The van der Waals surface area contributed by atoms with Crippen molar-refractivity contribution in [3.63, 3.8) is 0 Å². The number of carbonyl (C=O) groups excluding carboxylic acids is 2. The van der Waals surface area contributed by atoms with Crippen LogP contribution in [0.4, 0.5) is 13.2 Å². The van der Waals surface area contributed by atoms with E-state index in [1.54, 1.807) is 24.3 Å². The first-order chi connectivity index (χ1) is 13.7. The van der Waals surface area contributed by atoms with Crippen molar-refractivity contribution in [1.82, 2.24) is 9.97 Å². The lowest BCUT2D eigenvalue weighted by atomic mass is 9.96. The van der Waals surface area contributed by atoms with Gasteiger partial charge in [0.05, 0.1) is 32.4 Å². The van der Waals surface area contributed by atoms with Gasteiger partial charge in [0, 0.05) is 6.42 Å². The summed E-state index contributed by atoms with van der Waals surface area (Å²) in [6.07, 6.45) is -2.76. The maximum Gasteiger partial charge on any atom is 0.435 e. The van der Waals surface area contributed by atoms with Crippen molar-refractivity contribution < 1.29 is 32.2 Å². The van der Waals surface area contributed by atoms with Crippen LogP contribution in [0.15, 0.2) is 36.7 Å². The summed E-state index contributed by atoms with van der Waals surface area (Å²) in [4.78, 5) is 31.9. The number of methoxy groups -OCH3 is 2. The molecule has 0 atom stereocenters. The highest BCUT2D eigenvalue weighted by Crippen LogP contribution is 2.30. The number of hydrogen-bond donors (Lipinski definition) is 0. The molecule has 9 heteroatoms. The van der Waals surface area contributed by atoms with Gasteiger partial charge in [0.2, 0.25) is 0 Å². The van der Waals surface area contributed by atoms with E-state index in [9.17, 15) is 22.8 Å². The number of benzene rings is 1. The molecular formula is C20H19F3N2O4. The molecule has 0 amide bonds. The second kappa shape index (κ2) is 9.31. The van der Waals surface area contributed by atoms with Gasteiger partial charge in [-0.1, -0.05) is 31.2 Å². The van der Waals surface area contributed by atoms with Crippen LogP contribution in [0.2, 0.25) is 0 Å². The molecule has 0 aliphatic carbocycles. The zero-order valence-corrected chi connectivity index (χ0v) is 16.0. The molecule has 0 aliphatic heterocycles. The third kappa shape index (κ3) is 5.18. The summed E-state index contributed by atoms with van der Waals surface area (Å²) < 4.78 is 49.2. The van der Waals surface area contributed by atoms with Gasteiger partial charge in [0.15, 0.2) is 11.5 Å². The standard InChI is InChI=1S/C20H19F3N2O4/c1-4-15-18(20(21,22)23)25-16(10-24-15)17(26)9-12-7-5-6-8-13(12)14(11-28-2)19(27)29-3/h5-8,10-11H,4,9H2,1-3H3/b14-11+. The zero-order valence-electron chi connectivity index (χ0n) is 16.0. The van der Waals surface area contributed by atoms with Crippen molar-refractivity contribution in [2.24, 2.45) is 0 Å². The van der Waals surface area contributed by atoms with Gasteiger partial charge in [0.1, 0.15) is 11.3 Å². The predicted octanol–water partition coefficient (Wildman–Crippen LogP) is 3.64. The summed E-state index contributed by atoms with van der Waals surface area (Å²) in [5, 5.41) is 0. The summed E-state index contributed by atoms with van der Waals surface area (Å²) in [7, 11) is 2.55. The molecule has 0 fully saturated rings. The number of alkyl halides is 3. The van der Waals surface area contributed by atoms with Crippen LogP contribution < -0.4 is 0 Å². The van der Waals surface area contributed by atoms with Crippen LogP contribution >= 0.6 is 0 Å². The van der Waals surface area contributed by atoms with E-state index in [1.807, 2.05) is 0 Å². The van der Waals surface area contributed by atoms with Crippen molar-refractivity contribution in [3.05, 3.63) is 64.9 Å². The summed E-state index contributed by atoms with van der Waals surface area (Å²) >= 11 is 0. The number of ether oxygens (including phenoxy) is 2. The van der Waals surface area contributed by atoms with Crippen LogP contribution in [0.1, 0.15) is 39.9 Å². The van der Waals surface area contributed by atoms with E-state index < -0.39 is 29.3 Å². The normalized spacial score (nSPS) is 11.9. The highest BCUT2D eigenvalue weighted by molar-refractivity contribution is 6.16. The van der Waals surface area contributed by atoms with Crippen LogP contribution in [0.25, 0.3) is 5.57 Å². The minimum atomic E-state index is -4.72. The largest absolute Gasteiger partial charge is 0.503 e. The average molecular weight is 408 g/mol. The lowest BCUT2D eigenvalue weighted by molar-refractivity contribution is -0.142. The molecular weight excluding hydrogens is 389 g/mol. The van der Waals surface area contributed by atoms with Gasteiger partial charge in [-0.15, -0.1) is 0 Å². The maximum absolute atomic E-state index is 13.2. The smallest absolute Gasteiger partial charge is 0.435 e. The second-order valence-electron chi connectivity index (χ2n) is 5.92. The van der Waals surface area contributed by atoms with E-state index in [0.717, 1.165) is 6.20 Å². The molecule has 0 bridgehead atoms. The lowest BCUT2D eigenvalue weighted by Crippen LogP contribution is -2.18. The molecule has 0 saturated heterocycles. The number of nitrogens with zero attached hydrogens (tertiary/aromatic N) is 2. The molecule has 29 heavy (non-hydrogen) atoms. The molecule has 0 unspecified atom stereocenters. The summed E-state index contributed by atoms with van der Waals surface area (Å²) in [6.45, 7) is 1.52. The SMILES string of the molecule is CCc1ncc(C(=O)Cc2ccccc2/C(=C\OC)C(=O)OC)nc1C(F)(F)F. The third-order valence-electron chi connectivity index (χ3n) is 4.04. The quantitative estimate of drug-likeness (QED) is 0.301. The first kappa shape index (κ1) is 22.1. The average Bonchev–Trinajstić information content (AvgIpc) is 2.70. The Balaban J connectivity index is 2.42. The Bertz CT molecular complexity index is 940. The number of ketones is 1. The fourth-order valence-electron chi connectivity index (χ4n) is 2.68. The third-order valence-corrected chi connectivity index (χ3v) is 4.04. The van der Waals surface area contributed by atoms with Gasteiger partial charge in [-0.3, -0.25) is 9.78 Å². The predicted molar refractivity (Wildman–Crippen MR) is 97.9 cm³/mol. The minimum absolute atomic E-state index is 0.0312. The number of rotatable bonds is 7. The number of carbonyl (C=O) groups is 2. The lowest BCUT2D eigenvalue weighted by Gasteiger charge is -2.13. The van der Waals surface area contributed by atoms with Gasteiger partial charge in [-0.05, 0) is 17.5 Å². The first-order valence-electron chi connectivity index (χ1n) is 8.58. The van der Waals surface area contributed by atoms with E-state index in [2.05, 4.69) is 9.97 Å². The molecule has 1 heterocycles. The van der Waals surface area contributed by atoms with Gasteiger partial charge in [0.25, 0.3) is 0 Å². The van der Waals surface area contributed by atoms with E-state index >= 15 is 0 Å². The molecule has 6 nitrogen and oxygen atoms in total. The van der Waals surface area contributed by atoms with Crippen molar-refractivity contribution in [2.75, 3.05) is 14.2 Å². The van der Waals surface area contributed by atoms with Gasteiger partial charge >= 0.3 is 12.1 Å². The Morgan fingerprint density at radius 2 is 1.86 bits per heavy atom. The molecule has 2 aromatic rings. The Morgan fingerprint density at radius 3 is 2.45 bits per heavy atom. The fourth-order valence-corrected chi connectivity index (χ4v) is 2.68. The Kier molecular flexibility index (Phi) is 7.08. The van der Waals surface area contributed by atoms with E-state index in [1.165, 1.54) is 27.4 Å². The number of aryl methyl sites for hydroxylation is 1. The zero-order chi connectivity index (χ0) is 21.6. The number of aromatic nitrogens is 2. The number of halogens is 3. The Morgan fingerprint density at radius 1 is 1.17 bits per heavy atom. The summed E-state index contributed by atoms with van der Waals surface area (Å²) in [6, 6.07) is 6.45. The Hall–Kier alpha value is -3.23. The molecule has 0 aliphatic rings.